The van der Waals surface area contributed by atoms with Gasteiger partial charge in [0, 0.05) is 37.9 Å². The highest BCUT2D eigenvalue weighted by molar-refractivity contribution is 7.89. The Bertz CT molecular complexity index is 594. The molecule has 1 aromatic heterocycles. The van der Waals surface area contributed by atoms with Crippen molar-refractivity contribution in [3.05, 3.63) is 16.1 Å². The Kier molecular flexibility index (Phi) is 6.30. The van der Waals surface area contributed by atoms with Crippen molar-refractivity contribution in [1.82, 2.24) is 14.6 Å². The lowest BCUT2D eigenvalue weighted by atomic mass is 10.3. The number of thiazole rings is 1. The van der Waals surface area contributed by atoms with Gasteiger partial charge in [0.25, 0.3) is 0 Å². The molecular formula is C13H21N3O4S2. The molecule has 1 N–H and O–H groups in total. The molecule has 0 spiro atoms. The van der Waals surface area contributed by atoms with Gasteiger partial charge in [-0.3, -0.25) is 4.79 Å². The third-order valence-electron chi connectivity index (χ3n) is 3.32. The van der Waals surface area contributed by atoms with Gasteiger partial charge in [-0.2, -0.15) is 4.31 Å². The van der Waals surface area contributed by atoms with Crippen molar-refractivity contribution in [2.45, 2.75) is 19.8 Å². The van der Waals surface area contributed by atoms with Crippen molar-refractivity contribution in [2.24, 2.45) is 0 Å². The van der Waals surface area contributed by atoms with E-state index in [0.717, 1.165) is 10.7 Å². The summed E-state index contributed by atoms with van der Waals surface area (Å²) in [5, 5.41) is 5.69. The number of nitrogens with one attached hydrogen (secondary N) is 1. The molecule has 7 nitrogen and oxygen atoms in total. The minimum absolute atomic E-state index is 0.0181. The molecular weight excluding hydrogens is 326 g/mol. The number of morpholine rings is 1. The van der Waals surface area contributed by atoms with Crippen LogP contribution >= 0.6 is 11.3 Å². The van der Waals surface area contributed by atoms with Crippen molar-refractivity contribution < 1.29 is 17.9 Å². The topological polar surface area (TPSA) is 88.6 Å². The number of ether oxygens (including phenoxy) is 1. The Morgan fingerprint density at radius 3 is 2.82 bits per heavy atom. The van der Waals surface area contributed by atoms with Crippen molar-refractivity contribution >= 4 is 27.3 Å². The van der Waals surface area contributed by atoms with Crippen LogP contribution in [0.5, 0.6) is 0 Å². The number of sulfonamides is 1. The molecule has 1 fully saturated rings. The summed E-state index contributed by atoms with van der Waals surface area (Å²) in [6.45, 7) is 3.97. The second kappa shape index (κ2) is 8.00. The number of hydrogen-bond donors (Lipinski definition) is 1. The maximum atomic E-state index is 12.1. The SMILES string of the molecule is Cc1nc(CCNC(=O)CCS(=O)(=O)N2CCOCC2)cs1. The maximum Gasteiger partial charge on any atom is 0.221 e. The van der Waals surface area contributed by atoms with Crippen LogP contribution in [0.2, 0.25) is 0 Å². The highest BCUT2D eigenvalue weighted by Gasteiger charge is 2.24. The van der Waals surface area contributed by atoms with E-state index in [0.29, 0.717) is 39.3 Å². The normalized spacial score (nSPS) is 16.6. The van der Waals surface area contributed by atoms with Crippen molar-refractivity contribution in [1.29, 1.82) is 0 Å². The zero-order chi connectivity index (χ0) is 16.0. The first-order valence-electron chi connectivity index (χ1n) is 7.20. The molecule has 1 aromatic rings. The van der Waals surface area contributed by atoms with Gasteiger partial charge >= 0.3 is 0 Å². The summed E-state index contributed by atoms with van der Waals surface area (Å²) in [5.74, 6) is -0.405. The number of amides is 1. The Morgan fingerprint density at radius 1 is 1.45 bits per heavy atom. The number of carbonyl (C=O) groups excluding carboxylic acids is 1. The fraction of sp³-hybridized carbons (Fsp3) is 0.692. The van der Waals surface area contributed by atoms with Gasteiger partial charge in [-0.1, -0.05) is 0 Å². The lowest BCUT2D eigenvalue weighted by molar-refractivity contribution is -0.120. The average Bonchev–Trinajstić information content (AvgIpc) is 2.92. The van der Waals surface area contributed by atoms with Crippen LogP contribution in [-0.4, -0.2) is 62.2 Å². The number of rotatable bonds is 7. The molecule has 22 heavy (non-hydrogen) atoms. The Labute approximate surface area is 134 Å². The molecule has 9 heteroatoms. The van der Waals surface area contributed by atoms with Gasteiger partial charge < -0.3 is 10.1 Å². The summed E-state index contributed by atoms with van der Waals surface area (Å²) in [6.07, 6.45) is 0.641. The first-order valence-corrected chi connectivity index (χ1v) is 9.69. The average molecular weight is 347 g/mol. The van der Waals surface area contributed by atoms with E-state index < -0.39 is 10.0 Å². The molecule has 124 valence electrons. The molecule has 1 amide bonds. The van der Waals surface area contributed by atoms with Crippen LogP contribution in [-0.2, 0) is 26.0 Å². The molecule has 1 aliphatic rings. The fourth-order valence-corrected chi connectivity index (χ4v) is 4.17. The van der Waals surface area contributed by atoms with Gasteiger partial charge in [-0.25, -0.2) is 13.4 Å². The van der Waals surface area contributed by atoms with E-state index in [1.165, 1.54) is 4.31 Å². The highest BCUT2D eigenvalue weighted by Crippen LogP contribution is 2.08. The molecule has 0 unspecified atom stereocenters. The minimum atomic E-state index is -3.37. The second-order valence-corrected chi connectivity index (χ2v) is 8.19. The predicted molar refractivity (Wildman–Crippen MR) is 84.4 cm³/mol. The predicted octanol–water partition coefficient (Wildman–Crippen LogP) is 0.162. The van der Waals surface area contributed by atoms with Crippen molar-refractivity contribution in [3.63, 3.8) is 0 Å². The summed E-state index contributed by atoms with van der Waals surface area (Å²) >= 11 is 1.57. The molecule has 1 aliphatic heterocycles. The second-order valence-electron chi connectivity index (χ2n) is 5.04. The Hall–Kier alpha value is -1.03. The van der Waals surface area contributed by atoms with E-state index in [1.54, 1.807) is 11.3 Å². The van der Waals surface area contributed by atoms with Crippen LogP contribution in [0.3, 0.4) is 0 Å². The summed E-state index contributed by atoms with van der Waals surface area (Å²) < 4.78 is 30.7. The van der Waals surface area contributed by atoms with E-state index in [1.807, 2.05) is 12.3 Å². The van der Waals surface area contributed by atoms with Crippen LogP contribution in [0, 0.1) is 6.92 Å². The van der Waals surface area contributed by atoms with Gasteiger partial charge in [-0.15, -0.1) is 11.3 Å². The number of aromatic nitrogens is 1. The smallest absolute Gasteiger partial charge is 0.221 e. The lowest BCUT2D eigenvalue weighted by Gasteiger charge is -2.25. The van der Waals surface area contributed by atoms with Gasteiger partial charge in [-0.05, 0) is 6.92 Å². The number of carbonyl (C=O) groups is 1. The van der Waals surface area contributed by atoms with Crippen LogP contribution < -0.4 is 5.32 Å². The van der Waals surface area contributed by atoms with Crippen molar-refractivity contribution in [2.75, 3.05) is 38.6 Å². The summed E-state index contributed by atoms with van der Waals surface area (Å²) in [7, 11) is -3.37. The first-order chi connectivity index (χ1) is 10.5. The van der Waals surface area contributed by atoms with Crippen LogP contribution in [0.15, 0.2) is 5.38 Å². The Morgan fingerprint density at radius 2 is 2.18 bits per heavy atom. The number of aryl methyl sites for hydroxylation is 1. The molecule has 2 heterocycles. The quantitative estimate of drug-likeness (QED) is 0.759. The van der Waals surface area contributed by atoms with Gasteiger partial charge in [0.05, 0.1) is 29.7 Å². The zero-order valence-electron chi connectivity index (χ0n) is 12.6. The lowest BCUT2D eigenvalue weighted by Crippen LogP contribution is -2.42. The van der Waals surface area contributed by atoms with Crippen molar-refractivity contribution in [3.8, 4) is 0 Å². The third-order valence-corrected chi connectivity index (χ3v) is 6.01. The van der Waals surface area contributed by atoms with E-state index >= 15 is 0 Å². The molecule has 0 bridgehead atoms. The number of nitrogens with zero attached hydrogens (tertiary/aromatic N) is 2. The zero-order valence-corrected chi connectivity index (χ0v) is 14.2. The molecule has 0 saturated carbocycles. The van der Waals surface area contributed by atoms with E-state index in [2.05, 4.69) is 10.3 Å². The summed E-state index contributed by atoms with van der Waals surface area (Å²) in [5.41, 5.74) is 0.948. The summed E-state index contributed by atoms with van der Waals surface area (Å²) in [4.78, 5) is 16.0. The van der Waals surface area contributed by atoms with Gasteiger partial charge in [0.15, 0.2) is 0 Å². The van der Waals surface area contributed by atoms with Crippen LogP contribution in [0.1, 0.15) is 17.1 Å². The molecule has 2 rings (SSSR count). The fourth-order valence-electron chi connectivity index (χ4n) is 2.12. The maximum absolute atomic E-state index is 12.1. The molecule has 0 radical (unpaired) electrons. The summed E-state index contributed by atoms with van der Waals surface area (Å²) in [6, 6.07) is 0. The monoisotopic (exact) mass is 347 g/mol. The number of hydrogen-bond acceptors (Lipinski definition) is 6. The van der Waals surface area contributed by atoms with Gasteiger partial charge in [0.1, 0.15) is 0 Å². The Balaban J connectivity index is 1.68. The van der Waals surface area contributed by atoms with Gasteiger partial charge in [0.2, 0.25) is 15.9 Å². The van der Waals surface area contributed by atoms with E-state index in [9.17, 15) is 13.2 Å². The molecule has 0 atom stereocenters. The van der Waals surface area contributed by atoms with E-state index in [4.69, 9.17) is 4.74 Å². The largest absolute Gasteiger partial charge is 0.379 e. The molecule has 0 aliphatic carbocycles. The third kappa shape index (κ3) is 5.31. The van der Waals surface area contributed by atoms with Crippen LogP contribution in [0.25, 0.3) is 0 Å². The standard InChI is InChI=1S/C13H21N3O4S2/c1-11-15-12(10-21-11)2-4-14-13(17)3-9-22(18,19)16-5-7-20-8-6-16/h10H,2-9H2,1H3,(H,14,17). The minimum Gasteiger partial charge on any atom is -0.379 e. The van der Waals surface area contributed by atoms with Crippen LogP contribution in [0.4, 0.5) is 0 Å². The first kappa shape index (κ1) is 17.3. The molecule has 0 aromatic carbocycles. The molecule has 1 saturated heterocycles. The highest BCUT2D eigenvalue weighted by atomic mass is 32.2. The van der Waals surface area contributed by atoms with E-state index in [-0.39, 0.29) is 18.1 Å².